The van der Waals surface area contributed by atoms with E-state index in [0.717, 1.165) is 6.42 Å². The number of hydrogen-bond donors (Lipinski definition) is 0. The Morgan fingerprint density at radius 1 is 1.11 bits per heavy atom. The van der Waals surface area contributed by atoms with Crippen LogP contribution in [0.3, 0.4) is 0 Å². The van der Waals surface area contributed by atoms with Crippen LogP contribution in [0.4, 0.5) is 4.39 Å². The molecule has 18 heavy (non-hydrogen) atoms. The van der Waals surface area contributed by atoms with Gasteiger partial charge in [-0.3, -0.25) is 0 Å². The van der Waals surface area contributed by atoms with Crippen molar-refractivity contribution in [2.24, 2.45) is 0 Å². The molecule has 0 atom stereocenters. The second-order valence-electron chi connectivity index (χ2n) is 5.32. The highest BCUT2D eigenvalue weighted by Crippen LogP contribution is 2.32. The smallest absolute Gasteiger partial charge is 0.123 e. The lowest BCUT2D eigenvalue weighted by Crippen LogP contribution is -2.05. The summed E-state index contributed by atoms with van der Waals surface area (Å²) < 4.78 is 12.9. The third-order valence-corrected chi connectivity index (χ3v) is 3.87. The lowest BCUT2D eigenvalue weighted by Gasteiger charge is -2.22. The summed E-state index contributed by atoms with van der Waals surface area (Å²) in [6, 6.07) is 7.00. The van der Waals surface area contributed by atoms with Crippen molar-refractivity contribution in [1.29, 1.82) is 0 Å². The number of unbranched alkanes of at least 4 members (excludes halogenated alkanes) is 2. The monoisotopic (exact) mass is 246 g/mol. The molecule has 1 aliphatic carbocycles. The van der Waals surface area contributed by atoms with Gasteiger partial charge in [0.2, 0.25) is 0 Å². The third kappa shape index (κ3) is 3.69. The highest BCUT2D eigenvalue weighted by Gasteiger charge is 2.14. The van der Waals surface area contributed by atoms with Gasteiger partial charge in [-0.05, 0) is 56.2 Å². The van der Waals surface area contributed by atoms with E-state index in [2.05, 4.69) is 6.92 Å². The van der Waals surface area contributed by atoms with Crippen LogP contribution in [-0.2, 0) is 6.42 Å². The molecule has 0 radical (unpaired) electrons. The standard InChI is InChI=1S/C17H23F/c1-2-3-4-6-16(15-7-5-8-15)13-14-9-11-17(18)12-10-14/h9-12H,2-8,13H2,1H3. The molecule has 0 N–H and O–H groups in total. The quantitative estimate of drug-likeness (QED) is 0.464. The number of allylic oxidation sites excluding steroid dienone is 2. The van der Waals surface area contributed by atoms with Crippen LogP contribution >= 0.6 is 0 Å². The average molecular weight is 246 g/mol. The van der Waals surface area contributed by atoms with E-state index in [1.807, 2.05) is 12.1 Å². The largest absolute Gasteiger partial charge is 0.207 e. The summed E-state index contributed by atoms with van der Waals surface area (Å²) in [6.07, 6.45) is 10.1. The summed E-state index contributed by atoms with van der Waals surface area (Å²) in [4.78, 5) is 0. The highest BCUT2D eigenvalue weighted by atomic mass is 19.1. The van der Waals surface area contributed by atoms with Crippen molar-refractivity contribution in [2.75, 3.05) is 0 Å². The second-order valence-corrected chi connectivity index (χ2v) is 5.32. The lowest BCUT2D eigenvalue weighted by molar-refractivity contribution is 0.618. The minimum absolute atomic E-state index is 0.136. The molecule has 1 aromatic carbocycles. The maximum atomic E-state index is 12.9. The summed E-state index contributed by atoms with van der Waals surface area (Å²) in [7, 11) is 0. The van der Waals surface area contributed by atoms with Crippen molar-refractivity contribution >= 4 is 0 Å². The van der Waals surface area contributed by atoms with Crippen molar-refractivity contribution in [2.45, 2.75) is 58.3 Å². The molecule has 0 unspecified atom stereocenters. The summed E-state index contributed by atoms with van der Waals surface area (Å²) in [5.41, 5.74) is 4.55. The number of hydrogen-bond acceptors (Lipinski definition) is 0. The minimum atomic E-state index is -0.136. The second kappa shape index (κ2) is 6.72. The number of rotatable bonds is 6. The van der Waals surface area contributed by atoms with Crippen LogP contribution in [0.2, 0.25) is 0 Å². The molecule has 1 heteroatoms. The van der Waals surface area contributed by atoms with Crippen LogP contribution in [0.1, 0.15) is 57.4 Å². The molecule has 1 saturated carbocycles. The molecule has 0 nitrogen and oxygen atoms in total. The first kappa shape index (κ1) is 13.3. The average Bonchev–Trinajstić information content (AvgIpc) is 2.30. The van der Waals surface area contributed by atoms with Crippen LogP contribution in [0.5, 0.6) is 0 Å². The minimum Gasteiger partial charge on any atom is -0.207 e. The molecule has 0 spiro atoms. The van der Waals surface area contributed by atoms with E-state index in [4.69, 9.17) is 0 Å². The molecular formula is C17H23F. The highest BCUT2D eigenvalue weighted by molar-refractivity contribution is 5.28. The van der Waals surface area contributed by atoms with Crippen molar-refractivity contribution in [3.63, 3.8) is 0 Å². The maximum Gasteiger partial charge on any atom is 0.123 e. The van der Waals surface area contributed by atoms with Crippen molar-refractivity contribution < 1.29 is 4.39 Å². The van der Waals surface area contributed by atoms with Crippen molar-refractivity contribution in [3.05, 3.63) is 46.8 Å². The first-order chi connectivity index (χ1) is 8.79. The van der Waals surface area contributed by atoms with E-state index >= 15 is 0 Å². The Kier molecular flexibility index (Phi) is 4.98. The van der Waals surface area contributed by atoms with Gasteiger partial charge in [0.25, 0.3) is 0 Å². The van der Waals surface area contributed by atoms with Gasteiger partial charge in [0.15, 0.2) is 0 Å². The van der Waals surface area contributed by atoms with E-state index in [1.54, 1.807) is 23.3 Å². The van der Waals surface area contributed by atoms with E-state index in [9.17, 15) is 4.39 Å². The van der Waals surface area contributed by atoms with Crippen LogP contribution in [0.15, 0.2) is 35.4 Å². The fourth-order valence-corrected chi connectivity index (χ4v) is 2.53. The van der Waals surface area contributed by atoms with E-state index in [1.165, 1.54) is 50.5 Å². The Labute approximate surface area is 110 Å². The lowest BCUT2D eigenvalue weighted by atomic mass is 9.83. The topological polar surface area (TPSA) is 0 Å². The molecule has 0 heterocycles. The summed E-state index contributed by atoms with van der Waals surface area (Å²) in [5, 5.41) is 0. The van der Waals surface area contributed by atoms with Gasteiger partial charge < -0.3 is 0 Å². The fraction of sp³-hybridized carbons (Fsp3) is 0.529. The molecule has 98 valence electrons. The molecule has 0 amide bonds. The van der Waals surface area contributed by atoms with Gasteiger partial charge in [0.1, 0.15) is 5.82 Å². The predicted octanol–water partition coefficient (Wildman–Crippen LogP) is 5.43. The van der Waals surface area contributed by atoms with Crippen LogP contribution in [-0.4, -0.2) is 0 Å². The number of benzene rings is 1. The molecule has 1 aliphatic rings. The summed E-state index contributed by atoms with van der Waals surface area (Å²) in [5.74, 6) is -0.136. The zero-order valence-corrected chi connectivity index (χ0v) is 11.3. The van der Waals surface area contributed by atoms with E-state index in [-0.39, 0.29) is 5.82 Å². The Bertz CT molecular complexity index is 394. The number of halogens is 1. The Morgan fingerprint density at radius 2 is 1.83 bits per heavy atom. The molecular weight excluding hydrogens is 223 g/mol. The maximum absolute atomic E-state index is 12.9. The predicted molar refractivity (Wildman–Crippen MR) is 75.1 cm³/mol. The molecule has 0 aromatic heterocycles. The molecule has 1 aromatic rings. The zero-order valence-electron chi connectivity index (χ0n) is 11.3. The Morgan fingerprint density at radius 3 is 2.39 bits per heavy atom. The van der Waals surface area contributed by atoms with Gasteiger partial charge in [-0.25, -0.2) is 4.39 Å². The van der Waals surface area contributed by atoms with Gasteiger partial charge in [-0.2, -0.15) is 0 Å². The first-order valence-electron chi connectivity index (χ1n) is 7.24. The van der Waals surface area contributed by atoms with Gasteiger partial charge >= 0.3 is 0 Å². The summed E-state index contributed by atoms with van der Waals surface area (Å²) >= 11 is 0. The molecule has 1 fully saturated rings. The Balaban J connectivity index is 1.99. The van der Waals surface area contributed by atoms with Crippen molar-refractivity contribution in [1.82, 2.24) is 0 Å². The summed E-state index contributed by atoms with van der Waals surface area (Å²) in [6.45, 7) is 2.25. The Hall–Kier alpha value is -1.11. The molecule has 0 aliphatic heterocycles. The van der Waals surface area contributed by atoms with Gasteiger partial charge in [0, 0.05) is 0 Å². The fourth-order valence-electron chi connectivity index (χ4n) is 2.53. The van der Waals surface area contributed by atoms with Crippen LogP contribution in [0.25, 0.3) is 0 Å². The SMILES string of the molecule is CCCCCC(Cc1ccc(F)cc1)=C1CCC1. The van der Waals surface area contributed by atoms with E-state index < -0.39 is 0 Å². The third-order valence-electron chi connectivity index (χ3n) is 3.87. The van der Waals surface area contributed by atoms with Gasteiger partial charge in [-0.1, -0.05) is 43.0 Å². The van der Waals surface area contributed by atoms with Crippen LogP contribution in [0, 0.1) is 5.82 Å². The van der Waals surface area contributed by atoms with Gasteiger partial charge in [0.05, 0.1) is 0 Å². The zero-order chi connectivity index (χ0) is 12.8. The molecule has 2 rings (SSSR count). The van der Waals surface area contributed by atoms with Crippen LogP contribution < -0.4 is 0 Å². The van der Waals surface area contributed by atoms with E-state index in [0.29, 0.717) is 0 Å². The molecule has 0 bridgehead atoms. The first-order valence-corrected chi connectivity index (χ1v) is 7.24. The normalized spacial score (nSPS) is 14.4. The van der Waals surface area contributed by atoms with Crippen molar-refractivity contribution in [3.8, 4) is 0 Å². The molecule has 0 saturated heterocycles. The van der Waals surface area contributed by atoms with Gasteiger partial charge in [-0.15, -0.1) is 0 Å².